The van der Waals surface area contributed by atoms with Crippen LogP contribution in [0.3, 0.4) is 0 Å². The van der Waals surface area contributed by atoms with Crippen molar-refractivity contribution in [2.24, 2.45) is 0 Å². The van der Waals surface area contributed by atoms with Gasteiger partial charge in [-0.1, -0.05) is 30.3 Å². The largest absolute Gasteiger partial charge is 0.507 e. The molecule has 3 heteroatoms. The quantitative estimate of drug-likeness (QED) is 0.836. The van der Waals surface area contributed by atoms with Gasteiger partial charge in [0.2, 0.25) is 0 Å². The number of aromatic hydroxyl groups is 1. The molecule has 1 N–H and O–H groups in total. The minimum absolute atomic E-state index is 0.0302. The number of aldehydes is 1. The van der Waals surface area contributed by atoms with Crippen LogP contribution in [-0.4, -0.2) is 18.5 Å². The van der Waals surface area contributed by atoms with Crippen molar-refractivity contribution in [3.05, 3.63) is 59.2 Å². The summed E-state index contributed by atoms with van der Waals surface area (Å²) in [5.74, 6) is 0.385. The fraction of sp³-hybridized carbons (Fsp3) is 0.188. The Labute approximate surface area is 112 Å². The van der Waals surface area contributed by atoms with Crippen LogP contribution in [0.5, 0.6) is 11.5 Å². The molecule has 0 aromatic heterocycles. The summed E-state index contributed by atoms with van der Waals surface area (Å²) in [4.78, 5) is 10.9. The molecule has 0 aliphatic heterocycles. The van der Waals surface area contributed by atoms with Crippen LogP contribution in [0.4, 0.5) is 0 Å². The van der Waals surface area contributed by atoms with E-state index in [2.05, 4.69) is 12.1 Å². The summed E-state index contributed by atoms with van der Waals surface area (Å²) in [5.41, 5.74) is 2.38. The van der Waals surface area contributed by atoms with E-state index in [0.717, 1.165) is 18.4 Å². The second-order valence-corrected chi connectivity index (χ2v) is 4.33. The molecular weight excluding hydrogens is 240 g/mol. The highest BCUT2D eigenvalue weighted by atomic mass is 16.5. The molecule has 3 nitrogen and oxygen atoms in total. The summed E-state index contributed by atoms with van der Waals surface area (Å²) in [6, 6.07) is 13.5. The molecule has 0 saturated heterocycles. The Hall–Kier alpha value is -2.29. The molecular formula is C16H16O3. The lowest BCUT2D eigenvalue weighted by atomic mass is 10.0. The molecule has 0 fully saturated rings. The van der Waals surface area contributed by atoms with Gasteiger partial charge in [0.05, 0.1) is 12.7 Å². The lowest BCUT2D eigenvalue weighted by molar-refractivity contribution is 0.111. The van der Waals surface area contributed by atoms with Gasteiger partial charge in [0.15, 0.2) is 6.29 Å². The lowest BCUT2D eigenvalue weighted by Gasteiger charge is -2.09. The van der Waals surface area contributed by atoms with E-state index in [0.29, 0.717) is 12.0 Å². The Bertz CT molecular complexity index is 562. The van der Waals surface area contributed by atoms with Gasteiger partial charge in [-0.3, -0.25) is 4.79 Å². The van der Waals surface area contributed by atoms with Gasteiger partial charge in [-0.05, 0) is 36.1 Å². The number of carbonyl (C=O) groups is 1. The van der Waals surface area contributed by atoms with Gasteiger partial charge in [-0.25, -0.2) is 0 Å². The van der Waals surface area contributed by atoms with Gasteiger partial charge in [0, 0.05) is 0 Å². The number of aryl methyl sites for hydroxylation is 2. The van der Waals surface area contributed by atoms with E-state index in [9.17, 15) is 9.90 Å². The zero-order valence-corrected chi connectivity index (χ0v) is 10.8. The van der Waals surface area contributed by atoms with Crippen LogP contribution in [0.25, 0.3) is 0 Å². The topological polar surface area (TPSA) is 46.5 Å². The van der Waals surface area contributed by atoms with Crippen molar-refractivity contribution < 1.29 is 14.6 Å². The fourth-order valence-electron chi connectivity index (χ4n) is 2.03. The van der Waals surface area contributed by atoms with Crippen LogP contribution >= 0.6 is 0 Å². The molecule has 0 spiro atoms. The van der Waals surface area contributed by atoms with E-state index in [4.69, 9.17) is 4.74 Å². The molecule has 2 aromatic rings. The molecule has 98 valence electrons. The van der Waals surface area contributed by atoms with Gasteiger partial charge < -0.3 is 9.84 Å². The molecule has 2 aromatic carbocycles. The predicted octanol–water partition coefficient (Wildman–Crippen LogP) is 3.00. The Morgan fingerprint density at radius 3 is 2.42 bits per heavy atom. The maximum absolute atomic E-state index is 10.9. The Balaban J connectivity index is 2.17. The number of ether oxygens (including phenoxy) is 1. The summed E-state index contributed by atoms with van der Waals surface area (Å²) in [7, 11) is 1.49. The number of hydrogen-bond acceptors (Lipinski definition) is 3. The van der Waals surface area contributed by atoms with Gasteiger partial charge in [-0.2, -0.15) is 0 Å². The highest BCUT2D eigenvalue weighted by Crippen LogP contribution is 2.28. The van der Waals surface area contributed by atoms with Gasteiger partial charge in [-0.15, -0.1) is 0 Å². The van der Waals surface area contributed by atoms with E-state index in [1.54, 1.807) is 12.1 Å². The predicted molar refractivity (Wildman–Crippen MR) is 73.9 cm³/mol. The molecule has 2 rings (SSSR count). The maximum Gasteiger partial charge on any atom is 0.157 e. The Morgan fingerprint density at radius 1 is 1.11 bits per heavy atom. The maximum atomic E-state index is 10.9. The number of rotatable bonds is 5. The first kappa shape index (κ1) is 13.1. The standard InChI is InChI=1S/C16H16O3/c1-19-16-10-13(9-15(18)14(16)11-17)8-7-12-5-3-2-4-6-12/h2-6,9-11,18H,7-8H2,1H3. The molecule has 0 saturated carbocycles. The monoisotopic (exact) mass is 256 g/mol. The number of benzene rings is 2. The molecule has 0 atom stereocenters. The zero-order chi connectivity index (χ0) is 13.7. The molecule has 0 aliphatic rings. The van der Waals surface area contributed by atoms with Crippen LogP contribution in [0.1, 0.15) is 21.5 Å². The second kappa shape index (κ2) is 6.05. The number of phenolic OH excluding ortho intramolecular Hbond substituents is 1. The zero-order valence-electron chi connectivity index (χ0n) is 10.8. The van der Waals surface area contributed by atoms with Crippen LogP contribution < -0.4 is 4.74 Å². The smallest absolute Gasteiger partial charge is 0.157 e. The molecule has 0 bridgehead atoms. The fourth-order valence-corrected chi connectivity index (χ4v) is 2.03. The summed E-state index contributed by atoms with van der Waals surface area (Å²) in [5, 5.41) is 9.79. The molecule has 19 heavy (non-hydrogen) atoms. The van der Waals surface area contributed by atoms with Crippen molar-refractivity contribution in [1.82, 2.24) is 0 Å². The molecule has 0 heterocycles. The van der Waals surface area contributed by atoms with E-state index < -0.39 is 0 Å². The van der Waals surface area contributed by atoms with Crippen molar-refractivity contribution in [2.45, 2.75) is 12.8 Å². The SMILES string of the molecule is COc1cc(CCc2ccccc2)cc(O)c1C=O. The number of methoxy groups -OCH3 is 1. The first-order valence-electron chi connectivity index (χ1n) is 6.13. The molecule has 0 amide bonds. The van der Waals surface area contributed by atoms with E-state index >= 15 is 0 Å². The summed E-state index contributed by atoms with van der Waals surface area (Å²) in [6.07, 6.45) is 2.27. The average molecular weight is 256 g/mol. The number of hydrogen-bond donors (Lipinski definition) is 1. The van der Waals surface area contributed by atoms with Crippen LogP contribution in [0, 0.1) is 0 Å². The van der Waals surface area contributed by atoms with Crippen molar-refractivity contribution in [3.63, 3.8) is 0 Å². The Kier molecular flexibility index (Phi) is 4.18. The first-order chi connectivity index (χ1) is 9.24. The minimum Gasteiger partial charge on any atom is -0.507 e. The molecule has 0 aliphatic carbocycles. The average Bonchev–Trinajstić information content (AvgIpc) is 2.45. The normalized spacial score (nSPS) is 10.2. The highest BCUT2D eigenvalue weighted by molar-refractivity contribution is 5.83. The number of phenols is 1. The first-order valence-corrected chi connectivity index (χ1v) is 6.13. The molecule has 0 unspecified atom stereocenters. The van der Waals surface area contributed by atoms with Crippen molar-refractivity contribution in [2.75, 3.05) is 7.11 Å². The second-order valence-electron chi connectivity index (χ2n) is 4.33. The minimum atomic E-state index is -0.0302. The van der Waals surface area contributed by atoms with Crippen molar-refractivity contribution >= 4 is 6.29 Å². The summed E-state index contributed by atoms with van der Waals surface area (Å²) in [6.45, 7) is 0. The van der Waals surface area contributed by atoms with Gasteiger partial charge >= 0.3 is 0 Å². The van der Waals surface area contributed by atoms with Crippen molar-refractivity contribution in [1.29, 1.82) is 0 Å². The third-order valence-electron chi connectivity index (χ3n) is 3.06. The highest BCUT2D eigenvalue weighted by Gasteiger charge is 2.10. The van der Waals surface area contributed by atoms with E-state index in [1.807, 2.05) is 18.2 Å². The lowest BCUT2D eigenvalue weighted by Crippen LogP contribution is -1.96. The third-order valence-corrected chi connectivity index (χ3v) is 3.06. The van der Waals surface area contributed by atoms with Gasteiger partial charge in [0.25, 0.3) is 0 Å². The Morgan fingerprint density at radius 2 is 1.79 bits per heavy atom. The van der Waals surface area contributed by atoms with Gasteiger partial charge in [0.1, 0.15) is 11.5 Å². The third kappa shape index (κ3) is 3.13. The summed E-state index contributed by atoms with van der Waals surface area (Å²) >= 11 is 0. The van der Waals surface area contributed by atoms with E-state index in [1.165, 1.54) is 12.7 Å². The van der Waals surface area contributed by atoms with Crippen LogP contribution in [-0.2, 0) is 12.8 Å². The van der Waals surface area contributed by atoms with Crippen molar-refractivity contribution in [3.8, 4) is 11.5 Å². The van der Waals surface area contributed by atoms with Crippen LogP contribution in [0.15, 0.2) is 42.5 Å². The number of carbonyl (C=O) groups excluding carboxylic acids is 1. The van der Waals surface area contributed by atoms with E-state index in [-0.39, 0.29) is 11.3 Å². The molecule has 0 radical (unpaired) electrons. The van der Waals surface area contributed by atoms with Crippen LogP contribution in [0.2, 0.25) is 0 Å². The summed E-state index contributed by atoms with van der Waals surface area (Å²) < 4.78 is 5.12.